The van der Waals surface area contributed by atoms with Crippen molar-refractivity contribution in [2.75, 3.05) is 13.6 Å². The summed E-state index contributed by atoms with van der Waals surface area (Å²) in [6, 6.07) is 15.1. The average molecular weight is 461 g/mol. The lowest BCUT2D eigenvalue weighted by Crippen LogP contribution is -2.40. The van der Waals surface area contributed by atoms with Gasteiger partial charge in [-0.25, -0.2) is 10.5 Å². The molecule has 2 atom stereocenters. The zero-order valence-corrected chi connectivity index (χ0v) is 19.2. The number of nitrogens with zero attached hydrogens (tertiary/aromatic N) is 5. The smallest absolute Gasteiger partial charge is 0.274 e. The zero-order valence-electron chi connectivity index (χ0n) is 18.4. The molecule has 1 N–H and O–H groups in total. The van der Waals surface area contributed by atoms with Crippen molar-refractivity contribution in [3.8, 4) is 10.7 Å². The van der Waals surface area contributed by atoms with E-state index in [-0.39, 0.29) is 18.1 Å². The Balaban J connectivity index is 1.32. The Morgan fingerprint density at radius 2 is 2.03 bits per heavy atom. The Bertz CT molecular complexity index is 1280. The number of hydrogen-bond acceptors (Lipinski definition) is 8. The molecular formula is C24H24N6O2S. The first kappa shape index (κ1) is 21.6. The maximum atomic E-state index is 12.3. The summed E-state index contributed by atoms with van der Waals surface area (Å²) < 4.78 is 0. The number of aromatic nitrogens is 4. The van der Waals surface area contributed by atoms with Crippen LogP contribution in [0.4, 0.5) is 0 Å². The van der Waals surface area contributed by atoms with Crippen LogP contribution in [0.5, 0.6) is 0 Å². The summed E-state index contributed by atoms with van der Waals surface area (Å²) in [5.41, 5.74) is 5.81. The lowest BCUT2D eigenvalue weighted by Gasteiger charge is -2.36. The molecule has 0 spiro atoms. The number of carbonyl (C=O) groups is 1. The van der Waals surface area contributed by atoms with Gasteiger partial charge in [-0.2, -0.15) is 0 Å². The molecule has 0 radical (unpaired) electrons. The number of aryl methyl sites for hydroxylation is 1. The van der Waals surface area contributed by atoms with E-state index < -0.39 is 0 Å². The maximum absolute atomic E-state index is 12.3. The van der Waals surface area contributed by atoms with Gasteiger partial charge in [0, 0.05) is 23.7 Å². The molecule has 8 nitrogen and oxygen atoms in total. The standard InChI is InChI=1S/C24H24N6O2S/c1-15-27-28-24(33-15)19-9-8-17-14-25-21(13-20(17)26-19)22-12-18(10-11-30(22)2)32-29-23(31)16-6-4-3-5-7-16/h3-9,13-14,18,22H,10-12H2,1-2H3,(H,29,31). The Labute approximate surface area is 195 Å². The van der Waals surface area contributed by atoms with E-state index in [9.17, 15) is 4.79 Å². The summed E-state index contributed by atoms with van der Waals surface area (Å²) in [5, 5.41) is 11.0. The molecule has 33 heavy (non-hydrogen) atoms. The van der Waals surface area contributed by atoms with Gasteiger partial charge in [-0.05, 0) is 57.1 Å². The molecule has 0 aliphatic carbocycles. The third-order valence-corrected chi connectivity index (χ3v) is 6.72. The number of likely N-dealkylation sites (tertiary alicyclic amines) is 1. The third-order valence-electron chi connectivity index (χ3n) is 5.86. The normalized spacial score (nSPS) is 19.0. The van der Waals surface area contributed by atoms with E-state index in [2.05, 4.69) is 27.6 Å². The number of benzene rings is 1. The number of fused-ring (bicyclic) bond motifs is 1. The molecule has 2 unspecified atom stereocenters. The van der Waals surface area contributed by atoms with Crippen molar-refractivity contribution in [3.05, 3.63) is 71.0 Å². The van der Waals surface area contributed by atoms with E-state index in [4.69, 9.17) is 14.8 Å². The molecule has 5 rings (SSSR count). The minimum atomic E-state index is -0.237. The number of hydrogen-bond donors (Lipinski definition) is 1. The monoisotopic (exact) mass is 460 g/mol. The second kappa shape index (κ2) is 9.30. The average Bonchev–Trinajstić information content (AvgIpc) is 3.29. The van der Waals surface area contributed by atoms with Crippen LogP contribution < -0.4 is 5.48 Å². The number of rotatable bonds is 5. The highest BCUT2D eigenvalue weighted by Crippen LogP contribution is 2.31. The number of carbonyl (C=O) groups excluding carboxylic acids is 1. The van der Waals surface area contributed by atoms with Crippen LogP contribution in [0.15, 0.2) is 54.7 Å². The molecule has 1 aliphatic rings. The molecular weight excluding hydrogens is 436 g/mol. The molecule has 1 aromatic carbocycles. The molecule has 9 heteroatoms. The Kier molecular flexibility index (Phi) is 6.08. The highest BCUT2D eigenvalue weighted by Gasteiger charge is 2.30. The molecule has 3 aromatic heterocycles. The summed E-state index contributed by atoms with van der Waals surface area (Å²) in [5.74, 6) is -0.237. The second-order valence-electron chi connectivity index (χ2n) is 8.18. The van der Waals surface area contributed by atoms with Gasteiger partial charge in [0.1, 0.15) is 10.7 Å². The van der Waals surface area contributed by atoms with Crippen LogP contribution in [0.3, 0.4) is 0 Å². The summed E-state index contributed by atoms with van der Waals surface area (Å²) in [7, 11) is 2.09. The van der Waals surface area contributed by atoms with Crippen molar-refractivity contribution in [2.45, 2.75) is 31.9 Å². The van der Waals surface area contributed by atoms with Gasteiger partial charge in [-0.1, -0.05) is 29.5 Å². The molecule has 168 valence electrons. The minimum Gasteiger partial charge on any atom is -0.298 e. The Hall–Kier alpha value is -3.27. The van der Waals surface area contributed by atoms with Crippen molar-refractivity contribution in [1.29, 1.82) is 0 Å². The van der Waals surface area contributed by atoms with E-state index in [0.717, 1.165) is 51.7 Å². The van der Waals surface area contributed by atoms with Gasteiger partial charge >= 0.3 is 0 Å². The van der Waals surface area contributed by atoms with Gasteiger partial charge in [0.15, 0.2) is 5.01 Å². The van der Waals surface area contributed by atoms with Crippen molar-refractivity contribution >= 4 is 28.1 Å². The SMILES string of the molecule is Cc1nnc(-c2ccc3cnc(C4CC(ONC(=O)c5ccccc5)CCN4C)cc3n2)s1. The maximum Gasteiger partial charge on any atom is 0.274 e. The van der Waals surface area contributed by atoms with E-state index in [0.29, 0.717) is 5.56 Å². The van der Waals surface area contributed by atoms with E-state index in [1.165, 1.54) is 11.3 Å². The van der Waals surface area contributed by atoms with Gasteiger partial charge in [-0.3, -0.25) is 19.5 Å². The lowest BCUT2D eigenvalue weighted by molar-refractivity contribution is -0.0542. The van der Waals surface area contributed by atoms with Crippen molar-refractivity contribution in [2.24, 2.45) is 0 Å². The largest absolute Gasteiger partial charge is 0.298 e. The van der Waals surface area contributed by atoms with Crippen molar-refractivity contribution < 1.29 is 9.63 Å². The molecule has 1 amide bonds. The van der Waals surface area contributed by atoms with Crippen LogP contribution in [0.25, 0.3) is 21.6 Å². The first-order valence-corrected chi connectivity index (χ1v) is 11.7. The third kappa shape index (κ3) is 4.75. The first-order chi connectivity index (χ1) is 16.1. The minimum absolute atomic E-state index is 0.0657. The number of nitrogens with one attached hydrogen (secondary N) is 1. The van der Waals surface area contributed by atoms with E-state index in [1.807, 2.05) is 49.5 Å². The summed E-state index contributed by atoms with van der Waals surface area (Å²) in [6.45, 7) is 2.78. The number of hydroxylamine groups is 1. The molecule has 1 fully saturated rings. The Morgan fingerprint density at radius 3 is 2.82 bits per heavy atom. The van der Waals surface area contributed by atoms with Crippen LogP contribution >= 0.6 is 11.3 Å². The van der Waals surface area contributed by atoms with Crippen molar-refractivity contribution in [1.82, 2.24) is 30.5 Å². The highest BCUT2D eigenvalue weighted by molar-refractivity contribution is 7.14. The van der Waals surface area contributed by atoms with Crippen molar-refractivity contribution in [3.63, 3.8) is 0 Å². The first-order valence-electron chi connectivity index (χ1n) is 10.9. The lowest BCUT2D eigenvalue weighted by atomic mass is 9.96. The van der Waals surface area contributed by atoms with Gasteiger partial charge in [0.2, 0.25) is 0 Å². The van der Waals surface area contributed by atoms with Gasteiger partial charge in [-0.15, -0.1) is 10.2 Å². The predicted molar refractivity (Wildman–Crippen MR) is 127 cm³/mol. The molecule has 4 heterocycles. The van der Waals surface area contributed by atoms with Crippen LogP contribution in [-0.4, -0.2) is 50.7 Å². The van der Waals surface area contributed by atoms with E-state index >= 15 is 0 Å². The topological polar surface area (TPSA) is 93.1 Å². The number of amides is 1. The highest BCUT2D eigenvalue weighted by atomic mass is 32.1. The fourth-order valence-electron chi connectivity index (χ4n) is 4.02. The summed E-state index contributed by atoms with van der Waals surface area (Å²) in [4.78, 5) is 29.9. The quantitative estimate of drug-likeness (QED) is 0.451. The van der Waals surface area contributed by atoms with Crippen LogP contribution in [0.1, 0.15) is 39.9 Å². The van der Waals surface area contributed by atoms with Gasteiger partial charge in [0.25, 0.3) is 5.91 Å². The summed E-state index contributed by atoms with van der Waals surface area (Å²) in [6.07, 6.45) is 3.32. The van der Waals surface area contributed by atoms with Crippen LogP contribution in [0, 0.1) is 6.92 Å². The predicted octanol–water partition coefficient (Wildman–Crippen LogP) is 3.95. The zero-order chi connectivity index (χ0) is 22.8. The molecule has 4 aromatic rings. The molecule has 0 bridgehead atoms. The fraction of sp³-hybridized carbons (Fsp3) is 0.292. The number of pyridine rings is 2. The Morgan fingerprint density at radius 1 is 1.18 bits per heavy atom. The van der Waals surface area contributed by atoms with Gasteiger partial charge in [0.05, 0.1) is 23.4 Å². The van der Waals surface area contributed by atoms with E-state index in [1.54, 1.807) is 12.1 Å². The van der Waals surface area contributed by atoms with Crippen LogP contribution in [0.2, 0.25) is 0 Å². The number of piperidine rings is 1. The molecule has 1 aliphatic heterocycles. The summed E-state index contributed by atoms with van der Waals surface area (Å²) >= 11 is 1.53. The second-order valence-corrected chi connectivity index (χ2v) is 9.36. The molecule has 0 saturated carbocycles. The van der Waals surface area contributed by atoms with Gasteiger partial charge < -0.3 is 0 Å². The fourth-order valence-corrected chi connectivity index (χ4v) is 4.68. The van der Waals surface area contributed by atoms with Crippen LogP contribution in [-0.2, 0) is 4.84 Å². The molecule has 1 saturated heterocycles.